The van der Waals surface area contributed by atoms with Crippen LogP contribution in [0.15, 0.2) is 24.3 Å². The number of hydrogen-bond donors (Lipinski definition) is 1. The van der Waals surface area contributed by atoms with E-state index in [1.165, 1.54) is 12.8 Å². The summed E-state index contributed by atoms with van der Waals surface area (Å²) in [6, 6.07) is 8.34. The molecule has 0 saturated carbocycles. The summed E-state index contributed by atoms with van der Waals surface area (Å²) in [5.74, 6) is 0. The number of rotatable bonds is 3. The Labute approximate surface area is 115 Å². The van der Waals surface area contributed by atoms with Gasteiger partial charge in [-0.3, -0.25) is 4.90 Å². The van der Waals surface area contributed by atoms with Crippen LogP contribution in [0.2, 0.25) is 5.02 Å². The lowest BCUT2D eigenvalue weighted by Crippen LogP contribution is -2.47. The summed E-state index contributed by atoms with van der Waals surface area (Å²) in [7, 11) is 0. The summed E-state index contributed by atoms with van der Waals surface area (Å²) in [6.45, 7) is 7.77. The zero-order valence-electron chi connectivity index (χ0n) is 11.5. The van der Waals surface area contributed by atoms with Crippen LogP contribution in [0.3, 0.4) is 0 Å². The van der Waals surface area contributed by atoms with Gasteiger partial charge < -0.3 is 5.73 Å². The Bertz CT molecular complexity index is 415. The van der Waals surface area contributed by atoms with E-state index in [1.807, 2.05) is 18.2 Å². The first-order chi connectivity index (χ1) is 8.43. The van der Waals surface area contributed by atoms with E-state index in [0.717, 1.165) is 17.1 Å². The Hall–Kier alpha value is -0.570. The van der Waals surface area contributed by atoms with Gasteiger partial charge in [-0.05, 0) is 51.8 Å². The standard InChI is InChI=1S/C15H23ClN2/c1-11(17)14(12-7-4-5-8-13(12)16)18-10-6-9-15(18,2)3/h4-5,7-8,11,14H,6,9-10,17H2,1-3H3. The van der Waals surface area contributed by atoms with Crippen LogP contribution >= 0.6 is 11.6 Å². The van der Waals surface area contributed by atoms with E-state index in [1.54, 1.807) is 0 Å². The van der Waals surface area contributed by atoms with Crippen LogP contribution < -0.4 is 5.73 Å². The molecule has 0 aromatic heterocycles. The minimum Gasteiger partial charge on any atom is -0.326 e. The summed E-state index contributed by atoms with van der Waals surface area (Å²) in [5, 5.41) is 0.822. The Morgan fingerprint density at radius 2 is 2.00 bits per heavy atom. The molecule has 2 N–H and O–H groups in total. The number of nitrogens with two attached hydrogens (primary N) is 1. The van der Waals surface area contributed by atoms with E-state index >= 15 is 0 Å². The fraction of sp³-hybridized carbons (Fsp3) is 0.600. The molecule has 2 nitrogen and oxygen atoms in total. The first kappa shape index (κ1) is 13.9. The van der Waals surface area contributed by atoms with Crippen molar-refractivity contribution in [2.45, 2.75) is 51.2 Å². The number of benzene rings is 1. The molecule has 2 unspecified atom stereocenters. The second-order valence-electron chi connectivity index (χ2n) is 5.93. The van der Waals surface area contributed by atoms with Gasteiger partial charge in [0.1, 0.15) is 0 Å². The molecule has 0 amide bonds. The molecular weight excluding hydrogens is 244 g/mol. The minimum atomic E-state index is 0.0716. The third-order valence-corrected chi connectivity index (χ3v) is 4.37. The lowest BCUT2D eigenvalue weighted by Gasteiger charge is -2.41. The number of likely N-dealkylation sites (tertiary alicyclic amines) is 1. The van der Waals surface area contributed by atoms with E-state index in [-0.39, 0.29) is 17.6 Å². The van der Waals surface area contributed by atoms with Crippen LogP contribution in [0.1, 0.15) is 45.2 Å². The van der Waals surface area contributed by atoms with Gasteiger partial charge in [-0.1, -0.05) is 29.8 Å². The molecule has 1 aliphatic heterocycles. The third-order valence-electron chi connectivity index (χ3n) is 4.02. The highest BCUT2D eigenvalue weighted by molar-refractivity contribution is 6.31. The molecule has 1 aromatic rings. The van der Waals surface area contributed by atoms with Crippen molar-refractivity contribution in [3.63, 3.8) is 0 Å². The topological polar surface area (TPSA) is 29.3 Å². The van der Waals surface area contributed by atoms with E-state index < -0.39 is 0 Å². The molecule has 18 heavy (non-hydrogen) atoms. The van der Waals surface area contributed by atoms with Gasteiger partial charge in [0.25, 0.3) is 0 Å². The monoisotopic (exact) mass is 266 g/mol. The quantitative estimate of drug-likeness (QED) is 0.906. The van der Waals surface area contributed by atoms with Crippen molar-refractivity contribution in [2.24, 2.45) is 5.73 Å². The Morgan fingerprint density at radius 1 is 1.33 bits per heavy atom. The Morgan fingerprint density at radius 3 is 2.50 bits per heavy atom. The average molecular weight is 267 g/mol. The van der Waals surface area contributed by atoms with Crippen molar-refractivity contribution in [3.05, 3.63) is 34.9 Å². The summed E-state index contributed by atoms with van der Waals surface area (Å²) in [5.41, 5.74) is 7.60. The minimum absolute atomic E-state index is 0.0716. The highest BCUT2D eigenvalue weighted by atomic mass is 35.5. The highest BCUT2D eigenvalue weighted by Crippen LogP contribution is 2.39. The summed E-state index contributed by atoms with van der Waals surface area (Å²) >= 11 is 6.35. The molecule has 1 aliphatic rings. The molecule has 1 heterocycles. The molecule has 1 fully saturated rings. The van der Waals surface area contributed by atoms with Gasteiger partial charge in [0.05, 0.1) is 6.04 Å². The highest BCUT2D eigenvalue weighted by Gasteiger charge is 2.39. The van der Waals surface area contributed by atoms with Gasteiger partial charge in [-0.15, -0.1) is 0 Å². The van der Waals surface area contributed by atoms with Gasteiger partial charge in [0.2, 0.25) is 0 Å². The lowest BCUT2D eigenvalue weighted by atomic mass is 9.94. The zero-order valence-corrected chi connectivity index (χ0v) is 12.2. The van der Waals surface area contributed by atoms with Crippen LogP contribution in [0.25, 0.3) is 0 Å². The second-order valence-corrected chi connectivity index (χ2v) is 6.34. The maximum atomic E-state index is 6.35. The molecule has 0 bridgehead atoms. The van der Waals surface area contributed by atoms with Crippen molar-refractivity contribution in [1.82, 2.24) is 4.90 Å². The smallest absolute Gasteiger partial charge is 0.0516 e. The van der Waals surface area contributed by atoms with Gasteiger partial charge in [-0.25, -0.2) is 0 Å². The van der Waals surface area contributed by atoms with Crippen molar-refractivity contribution in [2.75, 3.05) is 6.54 Å². The summed E-state index contributed by atoms with van der Waals surface area (Å²) in [6.07, 6.45) is 2.46. The first-order valence-electron chi connectivity index (χ1n) is 6.70. The van der Waals surface area contributed by atoms with E-state index in [9.17, 15) is 0 Å². The predicted molar refractivity (Wildman–Crippen MR) is 77.9 cm³/mol. The van der Waals surface area contributed by atoms with Gasteiger partial charge >= 0.3 is 0 Å². The Balaban J connectivity index is 2.38. The van der Waals surface area contributed by atoms with Crippen molar-refractivity contribution in [3.8, 4) is 0 Å². The van der Waals surface area contributed by atoms with E-state index in [4.69, 9.17) is 17.3 Å². The molecule has 1 aromatic carbocycles. The number of halogens is 1. The third kappa shape index (κ3) is 2.56. The number of hydrogen-bond acceptors (Lipinski definition) is 2. The van der Waals surface area contributed by atoms with Crippen molar-refractivity contribution < 1.29 is 0 Å². The van der Waals surface area contributed by atoms with Crippen LogP contribution in [0.5, 0.6) is 0 Å². The molecule has 0 radical (unpaired) electrons. The SMILES string of the molecule is CC(N)C(c1ccccc1Cl)N1CCCC1(C)C. The summed E-state index contributed by atoms with van der Waals surface area (Å²) < 4.78 is 0. The van der Waals surface area contributed by atoms with Crippen LogP contribution in [0.4, 0.5) is 0 Å². The predicted octanol–water partition coefficient (Wildman–Crippen LogP) is 3.60. The first-order valence-corrected chi connectivity index (χ1v) is 7.08. The van der Waals surface area contributed by atoms with Gasteiger partial charge in [-0.2, -0.15) is 0 Å². The molecule has 3 heteroatoms. The fourth-order valence-corrected chi connectivity index (χ4v) is 3.34. The van der Waals surface area contributed by atoms with Gasteiger partial charge in [0.15, 0.2) is 0 Å². The molecular formula is C15H23ClN2. The Kier molecular flexibility index (Phi) is 4.00. The van der Waals surface area contributed by atoms with E-state index in [0.29, 0.717) is 0 Å². The van der Waals surface area contributed by atoms with Gasteiger partial charge in [0, 0.05) is 16.6 Å². The second kappa shape index (κ2) is 5.20. The maximum absolute atomic E-state index is 6.35. The molecule has 0 spiro atoms. The molecule has 100 valence electrons. The van der Waals surface area contributed by atoms with Crippen molar-refractivity contribution >= 4 is 11.6 Å². The van der Waals surface area contributed by atoms with Crippen LogP contribution in [-0.4, -0.2) is 23.0 Å². The molecule has 2 atom stereocenters. The van der Waals surface area contributed by atoms with Crippen LogP contribution in [0, 0.1) is 0 Å². The molecule has 2 rings (SSSR count). The van der Waals surface area contributed by atoms with Crippen molar-refractivity contribution in [1.29, 1.82) is 0 Å². The zero-order chi connectivity index (χ0) is 13.3. The largest absolute Gasteiger partial charge is 0.326 e. The van der Waals surface area contributed by atoms with Crippen LogP contribution in [-0.2, 0) is 0 Å². The number of nitrogens with zero attached hydrogens (tertiary/aromatic N) is 1. The summed E-state index contributed by atoms with van der Waals surface area (Å²) in [4.78, 5) is 2.51. The fourth-order valence-electron chi connectivity index (χ4n) is 3.09. The lowest BCUT2D eigenvalue weighted by molar-refractivity contribution is 0.101. The maximum Gasteiger partial charge on any atom is 0.0516 e. The average Bonchev–Trinajstić information content (AvgIpc) is 2.62. The normalized spacial score (nSPS) is 22.9. The molecule has 1 saturated heterocycles. The van der Waals surface area contributed by atoms with E-state index in [2.05, 4.69) is 31.7 Å². The molecule has 0 aliphatic carbocycles.